The summed E-state index contributed by atoms with van der Waals surface area (Å²) in [5, 5.41) is 1.47. The van der Waals surface area contributed by atoms with Gasteiger partial charge in [0.1, 0.15) is 0 Å². The summed E-state index contributed by atoms with van der Waals surface area (Å²) in [4.78, 5) is 0. The molecular weight excluding hydrogens is 460 g/mol. The maximum atomic E-state index is 6.63. The molecule has 0 N–H and O–H groups in total. The van der Waals surface area contributed by atoms with Crippen molar-refractivity contribution in [2.75, 3.05) is 11.5 Å². The van der Waals surface area contributed by atoms with E-state index in [0.717, 1.165) is 16.9 Å². The second-order valence-corrected chi connectivity index (χ2v) is 14.5. The molecule has 204 valence electrons. The molecule has 1 saturated heterocycles. The van der Waals surface area contributed by atoms with Gasteiger partial charge in [-0.05, 0) is 87.7 Å². The van der Waals surface area contributed by atoms with E-state index in [-0.39, 0.29) is 30.7 Å². The lowest BCUT2D eigenvalue weighted by Crippen LogP contribution is -2.54. The van der Waals surface area contributed by atoms with Gasteiger partial charge in [0.2, 0.25) is 0 Å². The van der Waals surface area contributed by atoms with Crippen molar-refractivity contribution in [3.63, 3.8) is 0 Å². The zero-order valence-corrected chi connectivity index (χ0v) is 25.6. The van der Waals surface area contributed by atoms with E-state index in [1.165, 1.54) is 62.9 Å². The highest BCUT2D eigenvalue weighted by molar-refractivity contribution is 8.00. The van der Waals surface area contributed by atoms with Gasteiger partial charge in [0.25, 0.3) is 0 Å². The molecule has 2 unspecified atom stereocenters. The number of ether oxygens (including phenoxy) is 3. The third kappa shape index (κ3) is 13.8. The van der Waals surface area contributed by atoms with Gasteiger partial charge in [-0.15, -0.1) is 0 Å². The van der Waals surface area contributed by atoms with Gasteiger partial charge >= 0.3 is 0 Å². The minimum atomic E-state index is -0.0940. The normalized spacial score (nSPS) is 25.9. The molecule has 1 aliphatic heterocycles. The standard InChI is InChI=1S/C29H58O3S2/c1-10-27-28(30-21(2)3)25(17-13-11-15-19-33-23(6)7)26(29(32-27)31-22(4)5)18-14-12-16-20-34-24(8)9/h21-29H,10-20H2,1-9H3/t25-,26?,27?,28+,29+/m1/s1. The van der Waals surface area contributed by atoms with Crippen LogP contribution in [0, 0.1) is 11.8 Å². The number of rotatable bonds is 19. The summed E-state index contributed by atoms with van der Waals surface area (Å²) in [6.45, 7) is 20.0. The minimum absolute atomic E-state index is 0.0940. The van der Waals surface area contributed by atoms with Crippen LogP contribution in [0.4, 0.5) is 0 Å². The Labute approximate surface area is 222 Å². The van der Waals surface area contributed by atoms with Gasteiger partial charge in [-0.25, -0.2) is 0 Å². The quantitative estimate of drug-likeness (QED) is 0.159. The van der Waals surface area contributed by atoms with E-state index >= 15 is 0 Å². The Kier molecular flexibility index (Phi) is 18.0. The maximum Gasteiger partial charge on any atom is 0.161 e. The first-order valence-corrected chi connectivity index (χ1v) is 16.4. The summed E-state index contributed by atoms with van der Waals surface area (Å²) in [5.74, 6) is 3.51. The highest BCUT2D eigenvalue weighted by Gasteiger charge is 2.46. The molecule has 0 spiro atoms. The fourth-order valence-corrected chi connectivity index (χ4v) is 6.67. The van der Waals surface area contributed by atoms with Crippen LogP contribution in [0.15, 0.2) is 0 Å². The number of hydrogen-bond donors (Lipinski definition) is 0. The summed E-state index contributed by atoms with van der Waals surface area (Å²) in [6.07, 6.45) is 11.8. The molecule has 0 aromatic rings. The van der Waals surface area contributed by atoms with Crippen LogP contribution >= 0.6 is 23.5 Å². The van der Waals surface area contributed by atoms with Crippen LogP contribution in [0.5, 0.6) is 0 Å². The van der Waals surface area contributed by atoms with Crippen LogP contribution in [-0.2, 0) is 14.2 Å². The number of thioether (sulfide) groups is 2. The van der Waals surface area contributed by atoms with E-state index in [0.29, 0.717) is 11.8 Å². The Bertz CT molecular complexity index is 484. The molecule has 0 amide bonds. The van der Waals surface area contributed by atoms with Crippen LogP contribution in [0.1, 0.15) is 120 Å². The molecule has 0 aromatic carbocycles. The largest absolute Gasteiger partial charge is 0.373 e. The molecule has 34 heavy (non-hydrogen) atoms. The molecule has 1 aliphatic rings. The van der Waals surface area contributed by atoms with E-state index in [1.807, 2.05) is 0 Å². The zero-order valence-electron chi connectivity index (χ0n) is 24.0. The molecule has 0 aliphatic carbocycles. The summed E-state index contributed by atoms with van der Waals surface area (Å²) in [7, 11) is 0. The molecule has 0 radical (unpaired) electrons. The SMILES string of the molecule is CCC1O[C@H](OC(C)C)C(CCCCCSC(C)C)[C@@H](CCCCCSC(C)C)[C@@H]1OC(C)C. The highest BCUT2D eigenvalue weighted by Crippen LogP contribution is 2.41. The lowest BCUT2D eigenvalue weighted by molar-refractivity contribution is -0.291. The van der Waals surface area contributed by atoms with Crippen molar-refractivity contribution in [2.45, 2.75) is 161 Å². The molecule has 3 nitrogen and oxygen atoms in total. The third-order valence-corrected chi connectivity index (χ3v) is 8.88. The van der Waals surface area contributed by atoms with E-state index < -0.39 is 0 Å². The molecule has 0 bridgehead atoms. The van der Waals surface area contributed by atoms with Crippen molar-refractivity contribution in [2.24, 2.45) is 11.8 Å². The van der Waals surface area contributed by atoms with Crippen molar-refractivity contribution in [1.82, 2.24) is 0 Å². The Morgan fingerprint density at radius 2 is 1.15 bits per heavy atom. The fraction of sp³-hybridized carbons (Fsp3) is 1.00. The van der Waals surface area contributed by atoms with Gasteiger partial charge in [-0.2, -0.15) is 23.5 Å². The van der Waals surface area contributed by atoms with Crippen molar-refractivity contribution in [3.05, 3.63) is 0 Å². The molecule has 1 heterocycles. The van der Waals surface area contributed by atoms with Gasteiger partial charge in [0, 0.05) is 5.92 Å². The van der Waals surface area contributed by atoms with Crippen LogP contribution in [0.2, 0.25) is 0 Å². The lowest BCUT2D eigenvalue weighted by atomic mass is 9.75. The van der Waals surface area contributed by atoms with Crippen LogP contribution < -0.4 is 0 Å². The lowest BCUT2D eigenvalue weighted by Gasteiger charge is -2.48. The topological polar surface area (TPSA) is 27.7 Å². The Morgan fingerprint density at radius 1 is 0.647 bits per heavy atom. The van der Waals surface area contributed by atoms with Gasteiger partial charge in [-0.3, -0.25) is 0 Å². The molecule has 5 heteroatoms. The first-order chi connectivity index (χ1) is 16.1. The molecule has 0 aromatic heterocycles. The predicted molar refractivity (Wildman–Crippen MR) is 154 cm³/mol. The summed E-state index contributed by atoms with van der Waals surface area (Å²) in [6, 6.07) is 0. The van der Waals surface area contributed by atoms with Crippen molar-refractivity contribution < 1.29 is 14.2 Å². The fourth-order valence-electron chi connectivity index (χ4n) is 4.99. The Hall–Kier alpha value is 0.580. The minimum Gasteiger partial charge on any atom is -0.373 e. The smallest absolute Gasteiger partial charge is 0.161 e. The van der Waals surface area contributed by atoms with Gasteiger partial charge < -0.3 is 14.2 Å². The molecule has 5 atom stereocenters. The van der Waals surface area contributed by atoms with Crippen LogP contribution in [-0.4, -0.2) is 52.7 Å². The van der Waals surface area contributed by atoms with E-state index in [4.69, 9.17) is 14.2 Å². The monoisotopic (exact) mass is 518 g/mol. The van der Waals surface area contributed by atoms with E-state index in [2.05, 4.69) is 85.8 Å². The highest BCUT2D eigenvalue weighted by atomic mass is 32.2. The molecular formula is C29H58O3S2. The van der Waals surface area contributed by atoms with Crippen molar-refractivity contribution >= 4 is 23.5 Å². The Balaban J connectivity index is 2.86. The number of unbranched alkanes of at least 4 members (excludes halogenated alkanes) is 4. The van der Waals surface area contributed by atoms with E-state index in [9.17, 15) is 0 Å². The average Bonchev–Trinajstić information content (AvgIpc) is 2.74. The third-order valence-electron chi connectivity index (χ3n) is 6.50. The second kappa shape index (κ2) is 18.8. The van der Waals surface area contributed by atoms with Gasteiger partial charge in [-0.1, -0.05) is 60.3 Å². The average molecular weight is 519 g/mol. The maximum absolute atomic E-state index is 6.63. The summed E-state index contributed by atoms with van der Waals surface area (Å²) >= 11 is 4.18. The molecule has 1 fully saturated rings. The predicted octanol–water partition coefficient (Wildman–Crippen LogP) is 8.98. The zero-order chi connectivity index (χ0) is 25.5. The first-order valence-electron chi connectivity index (χ1n) is 14.3. The van der Waals surface area contributed by atoms with Crippen molar-refractivity contribution in [1.29, 1.82) is 0 Å². The summed E-state index contributed by atoms with van der Waals surface area (Å²) in [5.41, 5.74) is 0. The summed E-state index contributed by atoms with van der Waals surface area (Å²) < 4.78 is 19.6. The first kappa shape index (κ1) is 32.6. The number of hydrogen-bond acceptors (Lipinski definition) is 5. The van der Waals surface area contributed by atoms with Gasteiger partial charge in [0.05, 0.1) is 24.4 Å². The Morgan fingerprint density at radius 3 is 1.59 bits per heavy atom. The molecule has 1 rings (SSSR count). The van der Waals surface area contributed by atoms with Gasteiger partial charge in [0.15, 0.2) is 6.29 Å². The van der Waals surface area contributed by atoms with Crippen LogP contribution in [0.3, 0.4) is 0 Å². The molecule has 0 saturated carbocycles. The van der Waals surface area contributed by atoms with Crippen LogP contribution in [0.25, 0.3) is 0 Å². The van der Waals surface area contributed by atoms with E-state index in [1.54, 1.807) is 0 Å². The van der Waals surface area contributed by atoms with Crippen molar-refractivity contribution in [3.8, 4) is 0 Å². The second-order valence-electron chi connectivity index (χ2n) is 11.2.